The highest BCUT2D eigenvalue weighted by atomic mass is 16.5. The van der Waals surface area contributed by atoms with Crippen LogP contribution in [0.2, 0.25) is 0 Å². The quantitative estimate of drug-likeness (QED) is 0.339. The molecule has 8 heteroatoms. The van der Waals surface area contributed by atoms with Crippen LogP contribution >= 0.6 is 0 Å². The predicted molar refractivity (Wildman–Crippen MR) is 106 cm³/mol. The van der Waals surface area contributed by atoms with E-state index in [-0.39, 0.29) is 36.3 Å². The minimum atomic E-state index is -0.304. The molecule has 0 aliphatic rings. The van der Waals surface area contributed by atoms with Crippen LogP contribution in [0.3, 0.4) is 0 Å². The predicted octanol–water partition coefficient (Wildman–Crippen LogP) is 1.46. The first-order chi connectivity index (χ1) is 13.4. The molecule has 0 atom stereocenters. The van der Waals surface area contributed by atoms with Gasteiger partial charge >= 0.3 is 11.9 Å². The third-order valence-electron chi connectivity index (χ3n) is 4.65. The summed E-state index contributed by atoms with van der Waals surface area (Å²) in [6.45, 7) is 7.10. The van der Waals surface area contributed by atoms with Crippen LogP contribution in [0.4, 0.5) is 0 Å². The van der Waals surface area contributed by atoms with Crippen molar-refractivity contribution < 1.29 is 28.7 Å². The maximum absolute atomic E-state index is 11.7. The lowest BCUT2D eigenvalue weighted by molar-refractivity contribution is -0.141. The topological polar surface area (TPSA) is 93.2 Å². The molecule has 28 heavy (non-hydrogen) atoms. The monoisotopic (exact) mass is 400 g/mol. The van der Waals surface area contributed by atoms with Gasteiger partial charge in [0.15, 0.2) is 0 Å². The Morgan fingerprint density at radius 3 is 1.18 bits per heavy atom. The molecule has 0 N–H and O–H groups in total. The van der Waals surface area contributed by atoms with E-state index in [1.54, 1.807) is 0 Å². The van der Waals surface area contributed by atoms with Gasteiger partial charge in [0, 0.05) is 65.0 Å². The first-order valence-corrected chi connectivity index (χ1v) is 9.97. The van der Waals surface area contributed by atoms with Crippen molar-refractivity contribution in [2.24, 2.45) is 0 Å². The van der Waals surface area contributed by atoms with Gasteiger partial charge in [-0.2, -0.15) is 0 Å². The largest absolute Gasteiger partial charge is 0.469 e. The van der Waals surface area contributed by atoms with Gasteiger partial charge in [-0.15, -0.1) is 0 Å². The second-order valence-electron chi connectivity index (χ2n) is 6.62. The second kappa shape index (κ2) is 16.2. The van der Waals surface area contributed by atoms with Crippen LogP contribution in [0.5, 0.6) is 0 Å². The molecule has 0 heterocycles. The molecule has 0 amide bonds. The van der Waals surface area contributed by atoms with Crippen LogP contribution in [-0.4, -0.2) is 86.8 Å². The average Bonchev–Trinajstić information content (AvgIpc) is 2.72. The molecule has 8 nitrogen and oxygen atoms in total. The zero-order valence-electron chi connectivity index (χ0n) is 17.8. The molecule has 0 saturated heterocycles. The van der Waals surface area contributed by atoms with Gasteiger partial charge in [0.05, 0.1) is 27.1 Å². The number of carbonyl (C=O) groups is 4. The molecule has 0 aromatic carbocycles. The van der Waals surface area contributed by atoms with Crippen molar-refractivity contribution in [1.82, 2.24) is 9.80 Å². The molecule has 0 bridgehead atoms. The van der Waals surface area contributed by atoms with Gasteiger partial charge in [0.25, 0.3) is 0 Å². The molecule has 0 spiro atoms. The van der Waals surface area contributed by atoms with E-state index in [1.807, 2.05) is 18.7 Å². The molecule has 0 unspecified atom stereocenters. The van der Waals surface area contributed by atoms with E-state index < -0.39 is 0 Å². The standard InChI is InChI=1S/C20H36N2O6/c1-5-17(23)7-11-21(12-8-18(24)6-2)15-16-22(13-9-19(25)27-3)14-10-20(26)28-4/h5-16H2,1-4H3. The smallest absolute Gasteiger partial charge is 0.306 e. The molecule has 0 aliphatic heterocycles. The molecule has 0 radical (unpaired) electrons. The second-order valence-corrected chi connectivity index (χ2v) is 6.62. The third kappa shape index (κ3) is 13.4. The summed E-state index contributed by atoms with van der Waals surface area (Å²) in [5.41, 5.74) is 0. The first kappa shape index (κ1) is 26.2. The van der Waals surface area contributed by atoms with Crippen LogP contribution in [-0.2, 0) is 28.7 Å². The summed E-state index contributed by atoms with van der Waals surface area (Å²) in [7, 11) is 2.69. The lowest BCUT2D eigenvalue weighted by Gasteiger charge is -2.27. The number of hydrogen-bond donors (Lipinski definition) is 0. The van der Waals surface area contributed by atoms with Crippen molar-refractivity contribution in [2.45, 2.75) is 52.4 Å². The molecule has 0 rings (SSSR count). The summed E-state index contributed by atoms with van der Waals surface area (Å²) in [6.07, 6.45) is 2.40. The number of nitrogens with zero attached hydrogens (tertiary/aromatic N) is 2. The highest BCUT2D eigenvalue weighted by molar-refractivity contribution is 5.78. The highest BCUT2D eigenvalue weighted by Crippen LogP contribution is 2.03. The van der Waals surface area contributed by atoms with Crippen LogP contribution in [0, 0.1) is 0 Å². The number of carbonyl (C=O) groups excluding carboxylic acids is 4. The van der Waals surface area contributed by atoms with E-state index in [2.05, 4.69) is 14.4 Å². The minimum absolute atomic E-state index is 0.194. The maximum atomic E-state index is 11.7. The van der Waals surface area contributed by atoms with Crippen molar-refractivity contribution in [1.29, 1.82) is 0 Å². The highest BCUT2D eigenvalue weighted by Gasteiger charge is 2.15. The van der Waals surface area contributed by atoms with Crippen LogP contribution in [0.15, 0.2) is 0 Å². The molecule has 0 aromatic rings. The number of Topliss-reactive ketones (excluding diaryl/α,β-unsaturated/α-hetero) is 2. The number of hydrogen-bond acceptors (Lipinski definition) is 8. The summed E-state index contributed by atoms with van der Waals surface area (Å²) >= 11 is 0. The molecule has 0 saturated carbocycles. The van der Waals surface area contributed by atoms with Gasteiger partial charge in [-0.05, 0) is 0 Å². The molecule has 162 valence electrons. The number of methoxy groups -OCH3 is 2. The van der Waals surface area contributed by atoms with Crippen LogP contribution in [0.25, 0.3) is 0 Å². The molecular weight excluding hydrogens is 364 g/mol. The van der Waals surface area contributed by atoms with Crippen LogP contribution in [0.1, 0.15) is 52.4 Å². The van der Waals surface area contributed by atoms with Crippen molar-refractivity contribution in [2.75, 3.05) is 53.5 Å². The van der Waals surface area contributed by atoms with E-state index in [0.29, 0.717) is 65.0 Å². The molecule has 0 fully saturated rings. The Hall–Kier alpha value is -1.80. The Morgan fingerprint density at radius 1 is 0.571 bits per heavy atom. The van der Waals surface area contributed by atoms with Gasteiger partial charge in [-0.25, -0.2) is 0 Å². The minimum Gasteiger partial charge on any atom is -0.469 e. The van der Waals surface area contributed by atoms with E-state index in [4.69, 9.17) is 0 Å². The van der Waals surface area contributed by atoms with Crippen molar-refractivity contribution >= 4 is 23.5 Å². The SMILES string of the molecule is CCC(=O)CCN(CCC(=O)CC)CCN(CCC(=O)OC)CCC(=O)OC. The summed E-state index contributed by atoms with van der Waals surface area (Å²) in [5, 5.41) is 0. The summed E-state index contributed by atoms with van der Waals surface area (Å²) in [5.74, 6) is -0.218. The molecule has 0 aliphatic carbocycles. The summed E-state index contributed by atoms with van der Waals surface area (Å²) in [6, 6.07) is 0. The Bertz CT molecular complexity index is 411. The number of ether oxygens (including phenoxy) is 2. The Morgan fingerprint density at radius 2 is 0.893 bits per heavy atom. The Labute approximate surface area is 168 Å². The lowest BCUT2D eigenvalue weighted by Crippen LogP contribution is -2.39. The average molecular weight is 401 g/mol. The zero-order chi connectivity index (χ0) is 21.4. The van der Waals surface area contributed by atoms with Gasteiger partial charge < -0.3 is 19.3 Å². The number of esters is 2. The zero-order valence-corrected chi connectivity index (χ0v) is 17.8. The van der Waals surface area contributed by atoms with E-state index in [9.17, 15) is 19.2 Å². The first-order valence-electron chi connectivity index (χ1n) is 9.97. The third-order valence-corrected chi connectivity index (χ3v) is 4.65. The lowest BCUT2D eigenvalue weighted by atomic mass is 10.2. The maximum Gasteiger partial charge on any atom is 0.306 e. The normalized spacial score (nSPS) is 10.9. The van der Waals surface area contributed by atoms with Crippen LogP contribution < -0.4 is 0 Å². The fourth-order valence-electron chi connectivity index (χ4n) is 2.58. The van der Waals surface area contributed by atoms with Gasteiger partial charge in [-0.3, -0.25) is 19.2 Å². The number of ketones is 2. The van der Waals surface area contributed by atoms with E-state index >= 15 is 0 Å². The molecular formula is C20H36N2O6. The van der Waals surface area contributed by atoms with Crippen molar-refractivity contribution in [3.05, 3.63) is 0 Å². The Balaban J connectivity index is 4.75. The Kier molecular flexibility index (Phi) is 15.1. The fourth-order valence-corrected chi connectivity index (χ4v) is 2.58. The number of rotatable bonds is 17. The van der Waals surface area contributed by atoms with Gasteiger partial charge in [0.2, 0.25) is 0 Å². The van der Waals surface area contributed by atoms with Crippen molar-refractivity contribution in [3.63, 3.8) is 0 Å². The summed E-state index contributed by atoms with van der Waals surface area (Å²) in [4.78, 5) is 50.3. The van der Waals surface area contributed by atoms with Gasteiger partial charge in [0.1, 0.15) is 11.6 Å². The van der Waals surface area contributed by atoms with Crippen molar-refractivity contribution in [3.8, 4) is 0 Å². The van der Waals surface area contributed by atoms with E-state index in [1.165, 1.54) is 14.2 Å². The molecule has 0 aromatic heterocycles. The van der Waals surface area contributed by atoms with Gasteiger partial charge in [-0.1, -0.05) is 13.8 Å². The van der Waals surface area contributed by atoms with E-state index in [0.717, 1.165) is 0 Å². The fraction of sp³-hybridized carbons (Fsp3) is 0.800. The summed E-state index contributed by atoms with van der Waals surface area (Å²) < 4.78 is 9.37.